The third-order valence-corrected chi connectivity index (χ3v) is 5.06. The van der Waals surface area contributed by atoms with Gasteiger partial charge in [0.2, 0.25) is 0 Å². The van der Waals surface area contributed by atoms with E-state index in [1.807, 2.05) is 18.3 Å². The van der Waals surface area contributed by atoms with Crippen molar-refractivity contribution in [3.05, 3.63) is 77.6 Å². The lowest BCUT2D eigenvalue weighted by Gasteiger charge is -2.18. The monoisotopic (exact) mass is 366 g/mol. The maximum Gasteiger partial charge on any atom is 0.180 e. The second-order valence-corrected chi connectivity index (χ2v) is 7.17. The van der Waals surface area contributed by atoms with Crippen molar-refractivity contribution in [2.75, 3.05) is 0 Å². The number of hydrogen-bond donors (Lipinski definition) is 0. The van der Waals surface area contributed by atoms with Gasteiger partial charge in [0, 0.05) is 36.3 Å². The van der Waals surface area contributed by atoms with Gasteiger partial charge in [0.1, 0.15) is 17.5 Å². The molecule has 1 aromatic carbocycles. The van der Waals surface area contributed by atoms with E-state index in [0.717, 1.165) is 22.9 Å². The Balaban J connectivity index is 1.52. The molecular weight excluding hydrogens is 348 g/mol. The minimum Gasteiger partial charge on any atom is -0.451 e. The first kappa shape index (κ1) is 16.7. The lowest BCUT2D eigenvalue weighted by molar-refractivity contribution is 0.243. The van der Waals surface area contributed by atoms with Gasteiger partial charge in [0.15, 0.2) is 12.8 Å². The van der Waals surface area contributed by atoms with Gasteiger partial charge in [-0.05, 0) is 12.5 Å². The molecule has 0 aliphatic rings. The summed E-state index contributed by atoms with van der Waals surface area (Å²) in [6.45, 7) is 4.20. The molecule has 132 valence electrons. The summed E-state index contributed by atoms with van der Waals surface area (Å²) in [5.41, 5.74) is 4.19. The average Bonchev–Trinajstić information content (AvgIpc) is 3.38. The van der Waals surface area contributed by atoms with Crippen LogP contribution in [-0.4, -0.2) is 19.9 Å². The largest absolute Gasteiger partial charge is 0.451 e. The van der Waals surface area contributed by atoms with E-state index in [0.29, 0.717) is 13.1 Å². The number of thiazole rings is 1. The number of oxazole rings is 2. The molecule has 26 heavy (non-hydrogen) atoms. The summed E-state index contributed by atoms with van der Waals surface area (Å²) in [6, 6.07) is 8.31. The maximum atomic E-state index is 5.09. The number of aromatic nitrogens is 3. The molecule has 0 aliphatic carbocycles. The fraction of sp³-hybridized carbons (Fsp3) is 0.211. The Hall–Kier alpha value is -2.77. The fourth-order valence-corrected chi connectivity index (χ4v) is 3.84. The highest BCUT2D eigenvalue weighted by atomic mass is 32.1. The first-order chi connectivity index (χ1) is 12.8. The highest BCUT2D eigenvalue weighted by Gasteiger charge is 2.14. The molecule has 6 nitrogen and oxygen atoms in total. The highest BCUT2D eigenvalue weighted by molar-refractivity contribution is 7.15. The summed E-state index contributed by atoms with van der Waals surface area (Å²) in [7, 11) is 0. The van der Waals surface area contributed by atoms with E-state index in [1.54, 1.807) is 23.9 Å². The van der Waals surface area contributed by atoms with Gasteiger partial charge in [-0.15, -0.1) is 11.3 Å². The van der Waals surface area contributed by atoms with Gasteiger partial charge >= 0.3 is 0 Å². The van der Waals surface area contributed by atoms with Gasteiger partial charge < -0.3 is 8.83 Å². The number of hydrogen-bond acceptors (Lipinski definition) is 7. The zero-order valence-electron chi connectivity index (χ0n) is 14.3. The van der Waals surface area contributed by atoms with Crippen LogP contribution in [0.2, 0.25) is 0 Å². The fourth-order valence-electron chi connectivity index (χ4n) is 2.80. The van der Waals surface area contributed by atoms with E-state index in [-0.39, 0.29) is 0 Å². The normalized spacial score (nSPS) is 11.3. The standard InChI is InChI=1S/C19H18N4O2S/c1-14-4-2-3-5-18(14)19-20-6-17(26-19)9-23(7-15-10-24-12-21-15)8-16-11-25-13-22-16/h2-6,10-13H,7-9H2,1H3. The van der Waals surface area contributed by atoms with Crippen molar-refractivity contribution in [2.24, 2.45) is 0 Å². The first-order valence-electron chi connectivity index (χ1n) is 8.25. The minimum atomic E-state index is 0.668. The van der Waals surface area contributed by atoms with Crippen LogP contribution >= 0.6 is 11.3 Å². The van der Waals surface area contributed by atoms with Crippen LogP contribution < -0.4 is 0 Å². The quantitative estimate of drug-likeness (QED) is 0.486. The summed E-state index contributed by atoms with van der Waals surface area (Å²) in [5, 5.41) is 1.04. The van der Waals surface area contributed by atoms with Gasteiger partial charge in [-0.1, -0.05) is 24.3 Å². The van der Waals surface area contributed by atoms with Gasteiger partial charge in [-0.3, -0.25) is 4.90 Å². The van der Waals surface area contributed by atoms with Gasteiger partial charge in [-0.2, -0.15) is 0 Å². The van der Waals surface area contributed by atoms with E-state index in [1.165, 1.54) is 28.8 Å². The maximum absolute atomic E-state index is 5.09. The lowest BCUT2D eigenvalue weighted by atomic mass is 10.1. The van der Waals surface area contributed by atoms with Crippen LogP contribution in [0.15, 0.2) is 64.6 Å². The van der Waals surface area contributed by atoms with Crippen molar-refractivity contribution in [1.82, 2.24) is 19.9 Å². The second kappa shape index (κ2) is 7.63. The predicted molar refractivity (Wildman–Crippen MR) is 98.2 cm³/mol. The van der Waals surface area contributed by atoms with Crippen molar-refractivity contribution in [3.63, 3.8) is 0 Å². The average molecular weight is 366 g/mol. The second-order valence-electron chi connectivity index (χ2n) is 6.05. The molecule has 0 N–H and O–H groups in total. The summed E-state index contributed by atoms with van der Waals surface area (Å²) >= 11 is 1.71. The molecule has 0 aliphatic heterocycles. The Kier molecular flexibility index (Phi) is 4.90. The third-order valence-electron chi connectivity index (χ3n) is 4.05. The Morgan fingerprint density at radius 2 is 1.62 bits per heavy atom. The molecule has 0 bridgehead atoms. The van der Waals surface area contributed by atoms with E-state index < -0.39 is 0 Å². The zero-order chi connectivity index (χ0) is 17.8. The van der Waals surface area contributed by atoms with Crippen molar-refractivity contribution in [1.29, 1.82) is 0 Å². The SMILES string of the molecule is Cc1ccccc1-c1ncc(CN(Cc2cocn2)Cc2cocn2)s1. The highest BCUT2D eigenvalue weighted by Crippen LogP contribution is 2.28. The van der Waals surface area contributed by atoms with Crippen LogP contribution in [0.4, 0.5) is 0 Å². The number of nitrogens with zero attached hydrogens (tertiary/aromatic N) is 4. The number of aryl methyl sites for hydroxylation is 1. The van der Waals surface area contributed by atoms with Crippen molar-refractivity contribution < 1.29 is 8.83 Å². The van der Waals surface area contributed by atoms with E-state index in [4.69, 9.17) is 8.83 Å². The van der Waals surface area contributed by atoms with Gasteiger partial charge in [-0.25, -0.2) is 15.0 Å². The third kappa shape index (κ3) is 3.89. The molecule has 0 radical (unpaired) electrons. The molecular formula is C19H18N4O2S. The smallest absolute Gasteiger partial charge is 0.180 e. The van der Waals surface area contributed by atoms with Crippen LogP contribution in [0.3, 0.4) is 0 Å². The molecule has 0 amide bonds. The Labute approximate surface area is 155 Å². The lowest BCUT2D eigenvalue weighted by Crippen LogP contribution is -2.22. The van der Waals surface area contributed by atoms with Crippen molar-refractivity contribution in [3.8, 4) is 10.6 Å². The topological polar surface area (TPSA) is 68.2 Å². The molecule has 4 rings (SSSR count). The number of rotatable bonds is 7. The van der Waals surface area contributed by atoms with Crippen LogP contribution in [0.1, 0.15) is 21.8 Å². The minimum absolute atomic E-state index is 0.668. The van der Waals surface area contributed by atoms with Crippen LogP contribution in [0, 0.1) is 6.92 Å². The van der Waals surface area contributed by atoms with Gasteiger partial charge in [0.05, 0.1) is 11.4 Å². The summed E-state index contributed by atoms with van der Waals surface area (Å²) in [6.07, 6.45) is 8.19. The van der Waals surface area contributed by atoms with Gasteiger partial charge in [0.25, 0.3) is 0 Å². The van der Waals surface area contributed by atoms with Crippen molar-refractivity contribution >= 4 is 11.3 Å². The summed E-state index contributed by atoms with van der Waals surface area (Å²) in [4.78, 5) is 16.5. The van der Waals surface area contributed by atoms with Crippen LogP contribution in [0.25, 0.3) is 10.6 Å². The zero-order valence-corrected chi connectivity index (χ0v) is 15.1. The predicted octanol–water partition coefficient (Wildman–Crippen LogP) is 4.30. The van der Waals surface area contributed by atoms with Crippen LogP contribution in [-0.2, 0) is 19.6 Å². The van der Waals surface area contributed by atoms with E-state index in [9.17, 15) is 0 Å². The Bertz CT molecular complexity index is 912. The molecule has 0 spiro atoms. The molecule has 3 aromatic heterocycles. The van der Waals surface area contributed by atoms with E-state index >= 15 is 0 Å². The number of benzene rings is 1. The molecule has 0 unspecified atom stereocenters. The molecule has 3 heterocycles. The molecule has 7 heteroatoms. The Morgan fingerprint density at radius 3 is 2.23 bits per heavy atom. The summed E-state index contributed by atoms with van der Waals surface area (Å²) in [5.74, 6) is 0. The van der Waals surface area contributed by atoms with Crippen LogP contribution in [0.5, 0.6) is 0 Å². The summed E-state index contributed by atoms with van der Waals surface area (Å²) < 4.78 is 10.2. The molecule has 0 saturated carbocycles. The molecule has 0 fully saturated rings. The Morgan fingerprint density at radius 1 is 0.923 bits per heavy atom. The first-order valence-corrected chi connectivity index (χ1v) is 9.07. The molecule has 4 aromatic rings. The van der Waals surface area contributed by atoms with E-state index in [2.05, 4.69) is 38.9 Å². The van der Waals surface area contributed by atoms with Crippen molar-refractivity contribution in [2.45, 2.75) is 26.6 Å². The molecule has 0 saturated heterocycles. The molecule has 0 atom stereocenters.